The second-order valence-corrected chi connectivity index (χ2v) is 8.57. The van der Waals surface area contributed by atoms with Crippen molar-refractivity contribution in [2.45, 2.75) is 26.8 Å². The number of nitrogen functional groups attached to an aromatic ring is 1. The van der Waals surface area contributed by atoms with Crippen molar-refractivity contribution >= 4 is 34.8 Å². The summed E-state index contributed by atoms with van der Waals surface area (Å²) in [7, 11) is 0. The van der Waals surface area contributed by atoms with Crippen molar-refractivity contribution in [1.82, 2.24) is 9.55 Å². The first-order chi connectivity index (χ1) is 14.9. The van der Waals surface area contributed by atoms with Crippen LogP contribution in [0.15, 0.2) is 63.5 Å². The van der Waals surface area contributed by atoms with Crippen molar-refractivity contribution in [3.8, 4) is 0 Å². The van der Waals surface area contributed by atoms with Gasteiger partial charge in [0.25, 0.3) is 11.5 Å². The van der Waals surface area contributed by atoms with Gasteiger partial charge in [0.2, 0.25) is 0 Å². The largest absolute Gasteiger partial charge is 0.383 e. The molecule has 2 heterocycles. The van der Waals surface area contributed by atoms with Gasteiger partial charge in [0.05, 0.1) is 6.54 Å². The third kappa shape index (κ3) is 5.61. The van der Waals surface area contributed by atoms with E-state index in [1.54, 1.807) is 6.08 Å². The first-order valence-corrected chi connectivity index (χ1v) is 10.9. The lowest BCUT2D eigenvalue weighted by atomic mass is 10.1. The highest BCUT2D eigenvalue weighted by Crippen LogP contribution is 2.20. The number of thiophene rings is 1. The number of rotatable bonds is 8. The Hall–Kier alpha value is -3.39. The molecule has 31 heavy (non-hydrogen) atoms. The first kappa shape index (κ1) is 22.3. The van der Waals surface area contributed by atoms with Gasteiger partial charge in [-0.3, -0.25) is 19.1 Å². The monoisotopic (exact) mass is 438 g/mol. The van der Waals surface area contributed by atoms with Crippen LogP contribution in [-0.2, 0) is 11.3 Å². The number of nitrogens with zero attached hydrogens (tertiary/aromatic N) is 2. The Morgan fingerprint density at radius 2 is 1.94 bits per heavy atom. The number of hydrogen-bond acceptors (Lipinski definition) is 5. The van der Waals surface area contributed by atoms with Crippen molar-refractivity contribution in [1.29, 1.82) is 0 Å². The van der Waals surface area contributed by atoms with E-state index in [1.165, 1.54) is 26.9 Å². The normalized spacial score (nSPS) is 11.3. The third-order valence-electron chi connectivity index (χ3n) is 4.80. The van der Waals surface area contributed by atoms with E-state index in [9.17, 15) is 14.4 Å². The molecule has 0 fully saturated rings. The van der Waals surface area contributed by atoms with E-state index >= 15 is 0 Å². The summed E-state index contributed by atoms with van der Waals surface area (Å²) in [4.78, 5) is 42.9. The van der Waals surface area contributed by atoms with E-state index in [2.05, 4.69) is 4.98 Å². The van der Waals surface area contributed by atoms with Gasteiger partial charge in [-0.2, -0.15) is 0 Å². The zero-order valence-electron chi connectivity index (χ0n) is 17.6. The fourth-order valence-corrected chi connectivity index (χ4v) is 3.73. The Balaban J connectivity index is 2.02. The SMILES string of the molecule is CC(C)CCN(C(=O)C=Cc1cccs1)c1c(N)n(Cc2ccccc2)c(=O)[nH]c1=O. The quantitative estimate of drug-likeness (QED) is 0.527. The van der Waals surface area contributed by atoms with Crippen LogP contribution in [0.5, 0.6) is 0 Å². The molecule has 0 aliphatic carbocycles. The molecule has 1 aromatic carbocycles. The number of aromatic nitrogens is 2. The van der Waals surface area contributed by atoms with Crippen LogP contribution in [0.2, 0.25) is 0 Å². The van der Waals surface area contributed by atoms with E-state index in [0.29, 0.717) is 18.9 Å². The third-order valence-corrected chi connectivity index (χ3v) is 5.63. The summed E-state index contributed by atoms with van der Waals surface area (Å²) in [5, 5.41) is 1.92. The molecule has 0 bridgehead atoms. The predicted octanol–water partition coefficient (Wildman–Crippen LogP) is 3.32. The molecule has 0 radical (unpaired) electrons. The number of carbonyl (C=O) groups is 1. The lowest BCUT2D eigenvalue weighted by Gasteiger charge is -2.24. The zero-order valence-corrected chi connectivity index (χ0v) is 18.4. The van der Waals surface area contributed by atoms with Crippen molar-refractivity contribution in [3.63, 3.8) is 0 Å². The molecule has 0 aliphatic rings. The van der Waals surface area contributed by atoms with Crippen molar-refractivity contribution in [2.24, 2.45) is 5.92 Å². The molecule has 0 spiro atoms. The number of anilines is 2. The summed E-state index contributed by atoms with van der Waals surface area (Å²) in [6, 6.07) is 13.1. The summed E-state index contributed by atoms with van der Waals surface area (Å²) in [6.45, 7) is 4.57. The van der Waals surface area contributed by atoms with Crippen molar-refractivity contribution < 1.29 is 4.79 Å². The van der Waals surface area contributed by atoms with E-state index in [0.717, 1.165) is 10.4 Å². The van der Waals surface area contributed by atoms with Crippen LogP contribution in [0.1, 0.15) is 30.7 Å². The standard InChI is InChI=1S/C23H26N4O3S/c1-16(2)12-13-26(19(28)11-10-18-9-6-14-31-18)20-21(24)27(23(30)25-22(20)29)15-17-7-4-3-5-8-17/h3-11,14,16H,12-13,15,24H2,1-2H3,(H,25,29,30). The Bertz CT molecular complexity index is 1160. The van der Waals surface area contributed by atoms with Crippen LogP contribution >= 0.6 is 11.3 Å². The van der Waals surface area contributed by atoms with Crippen LogP contribution in [-0.4, -0.2) is 22.0 Å². The summed E-state index contributed by atoms with van der Waals surface area (Å²) in [5.41, 5.74) is 5.86. The predicted molar refractivity (Wildman–Crippen MR) is 126 cm³/mol. The number of benzene rings is 1. The van der Waals surface area contributed by atoms with Gasteiger partial charge >= 0.3 is 5.69 Å². The Labute approximate surface area is 184 Å². The van der Waals surface area contributed by atoms with Crippen LogP contribution in [0.4, 0.5) is 11.5 Å². The number of amides is 1. The summed E-state index contributed by atoms with van der Waals surface area (Å²) < 4.78 is 1.28. The highest BCUT2D eigenvalue weighted by atomic mass is 32.1. The van der Waals surface area contributed by atoms with Gasteiger partial charge in [-0.25, -0.2) is 4.79 Å². The lowest BCUT2D eigenvalue weighted by Crippen LogP contribution is -2.41. The maximum atomic E-state index is 13.1. The number of aromatic amines is 1. The molecular weight excluding hydrogens is 412 g/mol. The minimum absolute atomic E-state index is 0.00277. The fourth-order valence-electron chi connectivity index (χ4n) is 3.11. The fraction of sp³-hybridized carbons (Fsp3) is 0.261. The van der Waals surface area contributed by atoms with Gasteiger partial charge in [0, 0.05) is 17.5 Å². The van der Waals surface area contributed by atoms with Gasteiger partial charge in [-0.15, -0.1) is 11.3 Å². The number of carbonyl (C=O) groups excluding carboxylic acids is 1. The molecule has 0 unspecified atom stereocenters. The van der Waals surface area contributed by atoms with Gasteiger partial charge in [0.15, 0.2) is 5.69 Å². The molecule has 0 saturated carbocycles. The molecule has 0 atom stereocenters. The Kier molecular flexibility index (Phi) is 7.25. The van der Waals surface area contributed by atoms with Gasteiger partial charge in [-0.1, -0.05) is 50.2 Å². The molecule has 3 rings (SSSR count). The van der Waals surface area contributed by atoms with Crippen LogP contribution < -0.4 is 21.9 Å². The molecule has 3 N–H and O–H groups in total. The molecule has 0 saturated heterocycles. The number of hydrogen-bond donors (Lipinski definition) is 2. The lowest BCUT2D eigenvalue weighted by molar-refractivity contribution is -0.114. The minimum Gasteiger partial charge on any atom is -0.383 e. The number of H-pyrrole nitrogens is 1. The summed E-state index contributed by atoms with van der Waals surface area (Å²) >= 11 is 1.51. The van der Waals surface area contributed by atoms with E-state index in [4.69, 9.17) is 5.73 Å². The van der Waals surface area contributed by atoms with Crippen molar-refractivity contribution in [3.05, 3.63) is 85.2 Å². The highest BCUT2D eigenvalue weighted by molar-refractivity contribution is 7.10. The average molecular weight is 439 g/mol. The second kappa shape index (κ2) is 10.1. The average Bonchev–Trinajstić information content (AvgIpc) is 3.26. The van der Waals surface area contributed by atoms with Crippen LogP contribution in [0.3, 0.4) is 0 Å². The summed E-state index contributed by atoms with van der Waals surface area (Å²) in [6.07, 6.45) is 3.81. The van der Waals surface area contributed by atoms with Gasteiger partial charge < -0.3 is 10.6 Å². The molecule has 0 aliphatic heterocycles. The van der Waals surface area contributed by atoms with Crippen molar-refractivity contribution in [2.75, 3.05) is 17.2 Å². The first-order valence-electron chi connectivity index (χ1n) is 10.1. The molecule has 3 aromatic rings. The van der Waals surface area contributed by atoms with E-state index < -0.39 is 11.2 Å². The molecule has 2 aromatic heterocycles. The zero-order chi connectivity index (χ0) is 22.4. The molecule has 1 amide bonds. The molecular formula is C23H26N4O3S. The molecule has 7 nitrogen and oxygen atoms in total. The Morgan fingerprint density at radius 1 is 1.19 bits per heavy atom. The topological polar surface area (TPSA) is 101 Å². The number of nitrogens with two attached hydrogens (primary N) is 1. The van der Waals surface area contributed by atoms with E-state index in [-0.39, 0.29) is 24.0 Å². The second-order valence-electron chi connectivity index (χ2n) is 7.59. The smallest absolute Gasteiger partial charge is 0.330 e. The molecule has 8 heteroatoms. The highest BCUT2D eigenvalue weighted by Gasteiger charge is 2.23. The van der Waals surface area contributed by atoms with Gasteiger partial charge in [-0.05, 0) is 35.4 Å². The van der Waals surface area contributed by atoms with Gasteiger partial charge in [0.1, 0.15) is 5.82 Å². The van der Waals surface area contributed by atoms with Crippen LogP contribution in [0, 0.1) is 5.92 Å². The Morgan fingerprint density at radius 3 is 2.58 bits per heavy atom. The minimum atomic E-state index is -0.673. The maximum absolute atomic E-state index is 13.1. The van der Waals surface area contributed by atoms with Crippen LogP contribution in [0.25, 0.3) is 6.08 Å². The molecule has 162 valence electrons. The number of nitrogens with one attached hydrogen (secondary N) is 1. The summed E-state index contributed by atoms with van der Waals surface area (Å²) in [5.74, 6) is -0.0810. The van der Waals surface area contributed by atoms with E-state index in [1.807, 2.05) is 61.7 Å². The maximum Gasteiger partial charge on any atom is 0.330 e.